The molecule has 3 heterocycles. The number of fused-ring (bicyclic) bond motifs is 5. The number of hydrogen-bond acceptors (Lipinski definition) is 14. The van der Waals surface area contributed by atoms with Crippen LogP contribution >= 0.6 is 0 Å². The van der Waals surface area contributed by atoms with Gasteiger partial charge in [-0.15, -0.1) is 0 Å². The minimum Gasteiger partial charge on any atom is -0.479 e. The Morgan fingerprint density at radius 2 is 1.59 bits per heavy atom. The van der Waals surface area contributed by atoms with E-state index in [9.17, 15) is 48.4 Å². The summed E-state index contributed by atoms with van der Waals surface area (Å²) in [7, 11) is -4.86. The normalized spacial score (nSPS) is 50.3. The lowest BCUT2D eigenvalue weighted by atomic mass is 9.47. The first kappa shape index (κ1) is 42.8. The third-order valence-corrected chi connectivity index (χ3v) is 15.9. The van der Waals surface area contributed by atoms with E-state index in [2.05, 4.69) is 47.6 Å². The first-order chi connectivity index (χ1) is 26.2. The first-order valence-corrected chi connectivity index (χ1v) is 21.8. The van der Waals surface area contributed by atoms with Crippen LogP contribution in [-0.2, 0) is 43.1 Å². The van der Waals surface area contributed by atoms with Crippen LogP contribution in [0.1, 0.15) is 86.5 Å². The molecule has 7 rings (SSSR count). The summed E-state index contributed by atoms with van der Waals surface area (Å²) in [6.45, 7) is 13.1. The molecule has 3 aliphatic heterocycles. The van der Waals surface area contributed by atoms with E-state index in [1.165, 1.54) is 5.57 Å². The quantitative estimate of drug-likeness (QED) is 0.0680. The second-order valence-electron chi connectivity index (χ2n) is 18.7. The number of aliphatic hydroxyl groups is 5. The first-order valence-electron chi connectivity index (χ1n) is 20.4. The third kappa shape index (κ3) is 7.64. The van der Waals surface area contributed by atoms with Gasteiger partial charge in [-0.25, -0.2) is 8.98 Å². The zero-order valence-electron chi connectivity index (χ0n) is 33.0. The summed E-state index contributed by atoms with van der Waals surface area (Å²) in [6, 6.07) is 0. The van der Waals surface area contributed by atoms with E-state index in [0.29, 0.717) is 42.9 Å². The highest BCUT2D eigenvalue weighted by molar-refractivity contribution is 7.80. The average molecular weight is 819 g/mol. The number of carboxylic acids is 1. The number of hydrogen-bond donors (Lipinski definition) is 7. The molecule has 21 unspecified atom stereocenters. The predicted molar refractivity (Wildman–Crippen MR) is 195 cm³/mol. The summed E-state index contributed by atoms with van der Waals surface area (Å²) < 4.78 is 69.9. The van der Waals surface area contributed by atoms with Crippen molar-refractivity contribution in [3.05, 3.63) is 11.6 Å². The Kier molecular flexibility index (Phi) is 11.9. The Morgan fingerprint density at radius 1 is 0.875 bits per heavy atom. The van der Waals surface area contributed by atoms with Crippen LogP contribution in [0.5, 0.6) is 0 Å². The fourth-order valence-corrected chi connectivity index (χ4v) is 12.4. The highest BCUT2D eigenvalue weighted by atomic mass is 32.3. The van der Waals surface area contributed by atoms with Crippen LogP contribution in [0.2, 0.25) is 0 Å². The van der Waals surface area contributed by atoms with Gasteiger partial charge in [0.2, 0.25) is 0 Å². The van der Waals surface area contributed by atoms with Crippen LogP contribution in [0.15, 0.2) is 11.6 Å². The van der Waals surface area contributed by atoms with Crippen molar-refractivity contribution in [2.24, 2.45) is 52.3 Å². The van der Waals surface area contributed by atoms with Crippen LogP contribution < -0.4 is 0 Å². The Morgan fingerprint density at radius 3 is 2.25 bits per heavy atom. The molecule has 56 heavy (non-hydrogen) atoms. The number of carbonyl (C=O) groups is 1. The van der Waals surface area contributed by atoms with Gasteiger partial charge in [0.05, 0.1) is 31.0 Å². The van der Waals surface area contributed by atoms with Crippen LogP contribution in [0.4, 0.5) is 0 Å². The van der Waals surface area contributed by atoms with E-state index in [-0.39, 0.29) is 35.9 Å². The second-order valence-corrected chi connectivity index (χ2v) is 19.8. The number of aliphatic carboxylic acids is 1. The van der Waals surface area contributed by atoms with E-state index in [0.717, 1.165) is 19.3 Å². The lowest BCUT2D eigenvalue weighted by Crippen LogP contribution is -2.64. The molecular weight excluding hydrogens is 756 g/mol. The highest BCUT2D eigenvalue weighted by Gasteiger charge is 2.63. The largest absolute Gasteiger partial charge is 0.479 e. The van der Waals surface area contributed by atoms with Crippen molar-refractivity contribution in [2.75, 3.05) is 6.61 Å². The van der Waals surface area contributed by atoms with Crippen molar-refractivity contribution in [3.8, 4) is 0 Å². The predicted octanol–water partition coefficient (Wildman–Crippen LogP) is 1.80. The van der Waals surface area contributed by atoms with Gasteiger partial charge >= 0.3 is 16.4 Å². The van der Waals surface area contributed by atoms with Gasteiger partial charge in [0, 0.05) is 0 Å². The summed E-state index contributed by atoms with van der Waals surface area (Å²) in [5.74, 6) is 0.0835. The van der Waals surface area contributed by atoms with Crippen molar-refractivity contribution in [1.29, 1.82) is 0 Å². The Labute approximate surface area is 328 Å². The van der Waals surface area contributed by atoms with E-state index in [4.69, 9.17) is 27.9 Å². The molecule has 0 aromatic heterocycles. The molecule has 0 spiro atoms. The summed E-state index contributed by atoms with van der Waals surface area (Å²) in [6.07, 6.45) is -9.71. The molecule has 7 aliphatic rings. The van der Waals surface area contributed by atoms with Crippen molar-refractivity contribution in [3.63, 3.8) is 0 Å². The van der Waals surface area contributed by atoms with Crippen molar-refractivity contribution in [1.82, 2.24) is 0 Å². The Balaban J connectivity index is 1.12. The standard InChI is InChI=1S/C39H62O16S/c1-16(2)17(3)31-32(52-31)18(4)21-7-8-22-20-14-26(55-56(47,48)49)24-13-19(9-11-39(24,6)23(20)10-12-38(21,22)5)51-37-34(29(43)28(42)33(53-37)35(45)46)54-36-30(44)27(41)25(40)15-50-36/h10,16-22,24-34,36-37,40-44H,7-9,11-15H2,1-6H3,(H,45,46)(H,47,48,49). The molecule has 0 amide bonds. The van der Waals surface area contributed by atoms with Crippen molar-refractivity contribution < 1.29 is 76.3 Å². The monoisotopic (exact) mass is 818 g/mol. The second kappa shape index (κ2) is 15.6. The van der Waals surface area contributed by atoms with Crippen LogP contribution in [-0.4, -0.2) is 136 Å². The maximum atomic E-state index is 12.4. The summed E-state index contributed by atoms with van der Waals surface area (Å²) in [5.41, 5.74) is 0.713. The molecule has 7 N–H and O–H groups in total. The molecule has 17 heteroatoms. The van der Waals surface area contributed by atoms with Gasteiger partial charge in [-0.1, -0.05) is 53.2 Å². The molecule has 0 aromatic rings. The van der Waals surface area contributed by atoms with Gasteiger partial charge in [-0.05, 0) is 97.2 Å². The van der Waals surface area contributed by atoms with Gasteiger partial charge < -0.3 is 54.3 Å². The van der Waals surface area contributed by atoms with Crippen molar-refractivity contribution in [2.45, 2.75) is 166 Å². The summed E-state index contributed by atoms with van der Waals surface area (Å²) in [5, 5.41) is 62.2. The number of aliphatic hydroxyl groups excluding tert-OH is 5. The van der Waals surface area contributed by atoms with E-state index < -0.39 is 102 Å². The molecule has 0 bridgehead atoms. The van der Waals surface area contributed by atoms with Gasteiger partial charge in [-0.2, -0.15) is 8.42 Å². The van der Waals surface area contributed by atoms with Crippen molar-refractivity contribution >= 4 is 16.4 Å². The molecular formula is C39H62O16S. The maximum absolute atomic E-state index is 12.4. The maximum Gasteiger partial charge on any atom is 0.397 e. The zero-order valence-corrected chi connectivity index (χ0v) is 33.8. The average Bonchev–Trinajstić information content (AvgIpc) is 3.84. The molecule has 0 aromatic carbocycles. The van der Waals surface area contributed by atoms with Gasteiger partial charge in [0.25, 0.3) is 0 Å². The molecule has 3 saturated heterocycles. The summed E-state index contributed by atoms with van der Waals surface area (Å²) in [4.78, 5) is 12.0. The molecule has 16 nitrogen and oxygen atoms in total. The number of allylic oxidation sites excluding steroid dienone is 2. The Bertz CT molecular complexity index is 1590. The topological polar surface area (TPSA) is 251 Å². The molecule has 21 atom stereocenters. The Hall–Kier alpha value is -1.32. The molecule has 4 aliphatic carbocycles. The lowest BCUT2D eigenvalue weighted by Gasteiger charge is -2.59. The number of epoxide rings is 1. The summed E-state index contributed by atoms with van der Waals surface area (Å²) >= 11 is 0. The minimum atomic E-state index is -4.86. The zero-order chi connectivity index (χ0) is 40.8. The van der Waals surface area contributed by atoms with Crippen LogP contribution in [0, 0.1) is 52.3 Å². The van der Waals surface area contributed by atoms with E-state index >= 15 is 0 Å². The number of carboxylic acid groups (broad SMARTS) is 1. The molecule has 0 radical (unpaired) electrons. The van der Waals surface area contributed by atoms with Gasteiger partial charge in [0.15, 0.2) is 18.7 Å². The number of rotatable bonds is 11. The van der Waals surface area contributed by atoms with Crippen LogP contribution in [0.25, 0.3) is 0 Å². The minimum absolute atomic E-state index is 0.0273. The van der Waals surface area contributed by atoms with Gasteiger partial charge in [0.1, 0.15) is 36.6 Å². The lowest BCUT2D eigenvalue weighted by molar-refractivity contribution is -0.359. The molecule has 6 fully saturated rings. The van der Waals surface area contributed by atoms with E-state index in [1.807, 2.05) is 0 Å². The fraction of sp³-hybridized carbons (Fsp3) is 0.923. The third-order valence-electron chi connectivity index (χ3n) is 15.4. The molecule has 320 valence electrons. The highest BCUT2D eigenvalue weighted by Crippen LogP contribution is 2.67. The number of ether oxygens (including phenoxy) is 5. The van der Waals surface area contributed by atoms with Crippen LogP contribution in [0.3, 0.4) is 0 Å². The fourth-order valence-electron chi connectivity index (χ4n) is 11.9. The molecule has 3 saturated carbocycles. The SMILES string of the molecule is CC(C)C(C)C1OC1C(C)C1CCC2C3CC(OS(=O)(=O)O)C4CC(OC5OC(C(=O)O)C(O)C(O)C5OC5OCC(O)C(O)C5O)CCC4(C)C3=CCC21C. The van der Waals surface area contributed by atoms with Gasteiger partial charge in [-0.3, -0.25) is 4.55 Å². The van der Waals surface area contributed by atoms with E-state index in [1.54, 1.807) is 0 Å². The smallest absolute Gasteiger partial charge is 0.397 e.